The molecule has 0 radical (unpaired) electrons. The van der Waals surface area contributed by atoms with Gasteiger partial charge in [0.05, 0.1) is 13.2 Å². The standard InChI is InChI=1S/C12H21N5O2/c1-4-13-10-15-11(17-12(16-10)18-3)14-9-5-6-19-8(2)7-9/h8-9H,4-7H2,1-3H3,(H2,13,14,15,16,17). The molecule has 2 heterocycles. The van der Waals surface area contributed by atoms with Crippen LogP contribution in [0.5, 0.6) is 6.01 Å². The predicted octanol–water partition coefficient (Wildman–Crippen LogP) is 1.29. The minimum atomic E-state index is 0.267. The lowest BCUT2D eigenvalue weighted by molar-refractivity contribution is 0.0231. The fourth-order valence-electron chi connectivity index (χ4n) is 2.06. The molecule has 0 bridgehead atoms. The van der Waals surface area contributed by atoms with Crippen molar-refractivity contribution >= 4 is 11.9 Å². The average molecular weight is 267 g/mol. The molecule has 1 aromatic heterocycles. The van der Waals surface area contributed by atoms with Crippen LogP contribution < -0.4 is 15.4 Å². The summed E-state index contributed by atoms with van der Waals surface area (Å²) < 4.78 is 10.6. The average Bonchev–Trinajstić information content (AvgIpc) is 2.39. The van der Waals surface area contributed by atoms with E-state index in [-0.39, 0.29) is 6.10 Å². The molecule has 2 N–H and O–H groups in total. The van der Waals surface area contributed by atoms with Crippen LogP contribution in [0.2, 0.25) is 0 Å². The van der Waals surface area contributed by atoms with E-state index in [1.807, 2.05) is 6.92 Å². The van der Waals surface area contributed by atoms with Crippen LogP contribution in [-0.2, 0) is 4.74 Å². The van der Waals surface area contributed by atoms with Gasteiger partial charge in [0.25, 0.3) is 0 Å². The summed E-state index contributed by atoms with van der Waals surface area (Å²) in [4.78, 5) is 12.7. The van der Waals surface area contributed by atoms with Crippen LogP contribution in [0.25, 0.3) is 0 Å². The highest BCUT2D eigenvalue weighted by Gasteiger charge is 2.20. The summed E-state index contributed by atoms with van der Waals surface area (Å²) in [5.74, 6) is 1.07. The van der Waals surface area contributed by atoms with Crippen molar-refractivity contribution in [3.63, 3.8) is 0 Å². The number of ether oxygens (including phenoxy) is 2. The Kier molecular flexibility index (Phi) is 4.73. The maximum atomic E-state index is 5.52. The van der Waals surface area contributed by atoms with Gasteiger partial charge in [0.2, 0.25) is 11.9 Å². The zero-order valence-corrected chi connectivity index (χ0v) is 11.6. The van der Waals surface area contributed by atoms with Crippen LogP contribution in [0.3, 0.4) is 0 Å². The van der Waals surface area contributed by atoms with Crippen LogP contribution >= 0.6 is 0 Å². The Labute approximate surface area is 113 Å². The highest BCUT2D eigenvalue weighted by Crippen LogP contribution is 2.18. The first-order chi connectivity index (χ1) is 9.21. The summed E-state index contributed by atoms with van der Waals surface area (Å²) in [5, 5.41) is 6.38. The second-order valence-corrected chi connectivity index (χ2v) is 4.55. The van der Waals surface area contributed by atoms with Gasteiger partial charge in [-0.1, -0.05) is 0 Å². The van der Waals surface area contributed by atoms with Crippen molar-refractivity contribution in [1.29, 1.82) is 0 Å². The molecule has 1 aliphatic heterocycles. The van der Waals surface area contributed by atoms with Gasteiger partial charge >= 0.3 is 6.01 Å². The minimum absolute atomic E-state index is 0.267. The summed E-state index contributed by atoms with van der Waals surface area (Å²) in [7, 11) is 1.55. The Bertz CT molecular complexity index is 415. The lowest BCUT2D eigenvalue weighted by atomic mass is 10.0. The van der Waals surface area contributed by atoms with Crippen molar-refractivity contribution < 1.29 is 9.47 Å². The van der Waals surface area contributed by atoms with Crippen LogP contribution in [0, 0.1) is 0 Å². The monoisotopic (exact) mass is 267 g/mol. The van der Waals surface area contributed by atoms with E-state index in [0.29, 0.717) is 23.9 Å². The molecular weight excluding hydrogens is 246 g/mol. The molecule has 0 spiro atoms. The summed E-state index contributed by atoms with van der Waals surface area (Å²) >= 11 is 0. The third-order valence-electron chi connectivity index (χ3n) is 2.95. The Morgan fingerprint density at radius 2 is 2.11 bits per heavy atom. The van der Waals surface area contributed by atoms with Crippen LogP contribution in [0.4, 0.5) is 11.9 Å². The van der Waals surface area contributed by atoms with Crippen molar-refractivity contribution in [2.45, 2.75) is 38.8 Å². The quantitative estimate of drug-likeness (QED) is 0.832. The third kappa shape index (κ3) is 3.92. The molecule has 0 amide bonds. The highest BCUT2D eigenvalue weighted by molar-refractivity contribution is 5.36. The minimum Gasteiger partial charge on any atom is -0.467 e. The van der Waals surface area contributed by atoms with E-state index in [9.17, 15) is 0 Å². The molecule has 106 valence electrons. The zero-order chi connectivity index (χ0) is 13.7. The van der Waals surface area contributed by atoms with Gasteiger partial charge in [-0.2, -0.15) is 15.0 Å². The number of aromatic nitrogens is 3. The Hall–Kier alpha value is -1.63. The maximum absolute atomic E-state index is 5.52. The number of rotatable bonds is 5. The van der Waals surface area contributed by atoms with E-state index in [1.54, 1.807) is 7.11 Å². The Morgan fingerprint density at radius 1 is 1.32 bits per heavy atom. The summed E-state index contributed by atoms with van der Waals surface area (Å²) in [5.41, 5.74) is 0. The van der Waals surface area contributed by atoms with E-state index in [4.69, 9.17) is 9.47 Å². The van der Waals surface area contributed by atoms with Crippen molar-refractivity contribution in [2.24, 2.45) is 0 Å². The van der Waals surface area contributed by atoms with E-state index < -0.39 is 0 Å². The first-order valence-electron chi connectivity index (χ1n) is 6.63. The van der Waals surface area contributed by atoms with Gasteiger partial charge < -0.3 is 20.1 Å². The number of anilines is 2. The predicted molar refractivity (Wildman–Crippen MR) is 72.6 cm³/mol. The SMILES string of the molecule is CCNc1nc(NC2CCOC(C)C2)nc(OC)n1. The van der Waals surface area contributed by atoms with Crippen molar-refractivity contribution in [2.75, 3.05) is 30.9 Å². The molecule has 1 saturated heterocycles. The molecular formula is C12H21N5O2. The van der Waals surface area contributed by atoms with Crippen LogP contribution in [0.1, 0.15) is 26.7 Å². The van der Waals surface area contributed by atoms with Gasteiger partial charge in [0.1, 0.15) is 0 Å². The Balaban J connectivity index is 2.07. The summed E-state index contributed by atoms with van der Waals surface area (Å²) in [6, 6.07) is 0.638. The fourth-order valence-corrected chi connectivity index (χ4v) is 2.06. The zero-order valence-electron chi connectivity index (χ0n) is 11.6. The summed E-state index contributed by atoms with van der Waals surface area (Å²) in [6.45, 7) is 5.58. The molecule has 19 heavy (non-hydrogen) atoms. The first kappa shape index (κ1) is 13.8. The number of methoxy groups -OCH3 is 1. The van der Waals surface area contributed by atoms with Gasteiger partial charge in [-0.15, -0.1) is 0 Å². The molecule has 2 atom stereocenters. The molecule has 7 nitrogen and oxygen atoms in total. The van der Waals surface area contributed by atoms with Crippen molar-refractivity contribution in [3.05, 3.63) is 0 Å². The van der Waals surface area contributed by atoms with E-state index in [2.05, 4.69) is 32.5 Å². The molecule has 7 heteroatoms. The van der Waals surface area contributed by atoms with Crippen LogP contribution in [-0.4, -0.2) is 47.4 Å². The second kappa shape index (κ2) is 6.51. The number of hydrogen-bond donors (Lipinski definition) is 2. The maximum Gasteiger partial charge on any atom is 0.322 e. The first-order valence-corrected chi connectivity index (χ1v) is 6.63. The van der Waals surface area contributed by atoms with Gasteiger partial charge in [0.15, 0.2) is 0 Å². The smallest absolute Gasteiger partial charge is 0.322 e. The molecule has 1 fully saturated rings. The number of nitrogens with one attached hydrogen (secondary N) is 2. The van der Waals surface area contributed by atoms with E-state index in [1.165, 1.54) is 0 Å². The molecule has 1 aromatic rings. The van der Waals surface area contributed by atoms with E-state index in [0.717, 1.165) is 26.0 Å². The summed E-state index contributed by atoms with van der Waals surface area (Å²) in [6.07, 6.45) is 2.17. The highest BCUT2D eigenvalue weighted by atomic mass is 16.5. The lowest BCUT2D eigenvalue weighted by Crippen LogP contribution is -2.33. The number of nitrogens with zero attached hydrogens (tertiary/aromatic N) is 3. The Morgan fingerprint density at radius 3 is 2.79 bits per heavy atom. The van der Waals surface area contributed by atoms with Gasteiger partial charge in [-0.25, -0.2) is 0 Å². The van der Waals surface area contributed by atoms with Crippen LogP contribution in [0.15, 0.2) is 0 Å². The van der Waals surface area contributed by atoms with E-state index >= 15 is 0 Å². The molecule has 0 aromatic carbocycles. The molecule has 2 rings (SSSR count). The lowest BCUT2D eigenvalue weighted by Gasteiger charge is -2.27. The van der Waals surface area contributed by atoms with Gasteiger partial charge in [-0.3, -0.25) is 0 Å². The van der Waals surface area contributed by atoms with Crippen molar-refractivity contribution in [3.8, 4) is 6.01 Å². The fraction of sp³-hybridized carbons (Fsp3) is 0.750. The normalized spacial score (nSPS) is 22.9. The topological polar surface area (TPSA) is 81.2 Å². The van der Waals surface area contributed by atoms with Crippen molar-refractivity contribution in [1.82, 2.24) is 15.0 Å². The number of hydrogen-bond acceptors (Lipinski definition) is 7. The molecule has 0 saturated carbocycles. The van der Waals surface area contributed by atoms with Gasteiger partial charge in [-0.05, 0) is 26.7 Å². The van der Waals surface area contributed by atoms with Gasteiger partial charge in [0, 0.05) is 19.2 Å². The molecule has 0 aliphatic carbocycles. The molecule has 2 unspecified atom stereocenters. The largest absolute Gasteiger partial charge is 0.467 e. The third-order valence-corrected chi connectivity index (χ3v) is 2.95. The molecule has 1 aliphatic rings. The second-order valence-electron chi connectivity index (χ2n) is 4.55.